The van der Waals surface area contributed by atoms with Crippen molar-refractivity contribution in [3.05, 3.63) is 35.9 Å². The standard InChI is InChI=1S/C18H24N2O3/c1-2-23-16(21)11-8-14-6-9-15(10-7-14)20-17(22)18(19)12-4-3-5-13-18/h6-11H,2-5,12-13,19H2,1H3,(H,20,22)/b11-8+. The molecule has 1 aliphatic rings. The van der Waals surface area contributed by atoms with Crippen LogP contribution < -0.4 is 11.1 Å². The fourth-order valence-electron chi connectivity index (χ4n) is 2.70. The number of nitrogens with two attached hydrogens (primary N) is 1. The number of nitrogens with one attached hydrogen (secondary N) is 1. The van der Waals surface area contributed by atoms with Crippen molar-refractivity contribution >= 4 is 23.6 Å². The molecule has 1 fully saturated rings. The summed E-state index contributed by atoms with van der Waals surface area (Å²) in [5, 5.41) is 2.88. The Hall–Kier alpha value is -2.14. The molecule has 1 aromatic carbocycles. The van der Waals surface area contributed by atoms with E-state index in [1.807, 2.05) is 12.1 Å². The Morgan fingerprint density at radius 1 is 1.22 bits per heavy atom. The molecule has 0 heterocycles. The first kappa shape index (κ1) is 17.2. The number of anilines is 1. The molecule has 0 atom stereocenters. The van der Waals surface area contributed by atoms with Crippen LogP contribution in [0.3, 0.4) is 0 Å². The number of hydrogen-bond acceptors (Lipinski definition) is 4. The fourth-order valence-corrected chi connectivity index (χ4v) is 2.70. The summed E-state index contributed by atoms with van der Waals surface area (Å²) in [4.78, 5) is 23.6. The Kier molecular flexibility index (Phi) is 5.93. The highest BCUT2D eigenvalue weighted by atomic mass is 16.5. The lowest BCUT2D eigenvalue weighted by molar-refractivity contribution is -0.137. The van der Waals surface area contributed by atoms with Crippen molar-refractivity contribution in [2.75, 3.05) is 11.9 Å². The molecule has 0 saturated heterocycles. The summed E-state index contributed by atoms with van der Waals surface area (Å²) in [5.74, 6) is -0.487. The van der Waals surface area contributed by atoms with Gasteiger partial charge in [0.25, 0.3) is 0 Å². The molecule has 5 nitrogen and oxygen atoms in total. The highest BCUT2D eigenvalue weighted by Gasteiger charge is 2.35. The van der Waals surface area contributed by atoms with Crippen molar-refractivity contribution in [3.8, 4) is 0 Å². The summed E-state index contributed by atoms with van der Waals surface area (Å²) in [6, 6.07) is 7.26. The number of rotatable bonds is 5. The van der Waals surface area contributed by atoms with Crippen LogP contribution in [0.1, 0.15) is 44.6 Å². The lowest BCUT2D eigenvalue weighted by Crippen LogP contribution is -2.52. The normalized spacial score (nSPS) is 17.0. The van der Waals surface area contributed by atoms with Crippen LogP contribution >= 0.6 is 0 Å². The molecule has 124 valence electrons. The number of esters is 1. The predicted octanol–water partition coefficient (Wildman–Crippen LogP) is 2.86. The van der Waals surface area contributed by atoms with Crippen LogP contribution in [-0.4, -0.2) is 24.0 Å². The lowest BCUT2D eigenvalue weighted by atomic mass is 9.82. The van der Waals surface area contributed by atoms with Crippen LogP contribution in [-0.2, 0) is 14.3 Å². The van der Waals surface area contributed by atoms with E-state index in [4.69, 9.17) is 10.5 Å². The number of amides is 1. The summed E-state index contributed by atoms with van der Waals surface area (Å²) in [6.45, 7) is 2.12. The van der Waals surface area contributed by atoms with Crippen LogP contribution in [0.2, 0.25) is 0 Å². The van der Waals surface area contributed by atoms with Crippen molar-refractivity contribution in [1.82, 2.24) is 0 Å². The quantitative estimate of drug-likeness (QED) is 0.646. The minimum absolute atomic E-state index is 0.119. The van der Waals surface area contributed by atoms with Gasteiger partial charge in [-0.1, -0.05) is 31.4 Å². The zero-order valence-corrected chi connectivity index (χ0v) is 13.5. The van der Waals surface area contributed by atoms with Gasteiger partial charge in [0.1, 0.15) is 0 Å². The van der Waals surface area contributed by atoms with E-state index in [-0.39, 0.29) is 11.9 Å². The topological polar surface area (TPSA) is 81.4 Å². The van der Waals surface area contributed by atoms with Gasteiger partial charge in [-0.3, -0.25) is 4.79 Å². The second-order valence-corrected chi connectivity index (χ2v) is 5.88. The van der Waals surface area contributed by atoms with E-state index in [1.165, 1.54) is 6.08 Å². The summed E-state index contributed by atoms with van der Waals surface area (Å²) in [6.07, 6.45) is 7.68. The van der Waals surface area contributed by atoms with Crippen LogP contribution in [0.15, 0.2) is 30.3 Å². The van der Waals surface area contributed by atoms with E-state index in [2.05, 4.69) is 5.32 Å². The van der Waals surface area contributed by atoms with Gasteiger partial charge in [0.2, 0.25) is 5.91 Å². The van der Waals surface area contributed by atoms with Crippen molar-refractivity contribution in [1.29, 1.82) is 0 Å². The van der Waals surface area contributed by atoms with Crippen LogP contribution in [0.5, 0.6) is 0 Å². The molecule has 3 N–H and O–H groups in total. The van der Waals surface area contributed by atoms with Gasteiger partial charge in [0.05, 0.1) is 12.1 Å². The average molecular weight is 316 g/mol. The Morgan fingerprint density at radius 3 is 2.48 bits per heavy atom. The first-order valence-corrected chi connectivity index (χ1v) is 8.09. The molecule has 5 heteroatoms. The zero-order chi connectivity index (χ0) is 16.7. The first-order chi connectivity index (χ1) is 11.0. The maximum atomic E-state index is 12.3. The molecule has 2 rings (SSSR count). The molecule has 0 aromatic heterocycles. The highest BCUT2D eigenvalue weighted by Crippen LogP contribution is 2.27. The van der Waals surface area contributed by atoms with E-state index in [9.17, 15) is 9.59 Å². The van der Waals surface area contributed by atoms with E-state index < -0.39 is 5.54 Å². The highest BCUT2D eigenvalue weighted by molar-refractivity contribution is 5.98. The Labute approximate surface area is 136 Å². The fraction of sp³-hybridized carbons (Fsp3) is 0.444. The van der Waals surface area contributed by atoms with Crippen molar-refractivity contribution < 1.29 is 14.3 Å². The van der Waals surface area contributed by atoms with Crippen LogP contribution in [0.4, 0.5) is 5.69 Å². The number of ether oxygens (including phenoxy) is 1. The Morgan fingerprint density at radius 2 is 1.87 bits per heavy atom. The summed E-state index contributed by atoms with van der Waals surface area (Å²) >= 11 is 0. The van der Waals surface area contributed by atoms with Crippen LogP contribution in [0, 0.1) is 0 Å². The molecule has 0 unspecified atom stereocenters. The second kappa shape index (κ2) is 7.92. The molecule has 0 bridgehead atoms. The van der Waals surface area contributed by atoms with E-state index in [1.54, 1.807) is 25.1 Å². The molecule has 1 amide bonds. The Bertz CT molecular complexity index is 572. The van der Waals surface area contributed by atoms with Crippen molar-refractivity contribution in [3.63, 3.8) is 0 Å². The summed E-state index contributed by atoms with van der Waals surface area (Å²) in [7, 11) is 0. The predicted molar refractivity (Wildman–Crippen MR) is 90.7 cm³/mol. The lowest BCUT2D eigenvalue weighted by Gasteiger charge is -2.31. The van der Waals surface area contributed by atoms with Gasteiger partial charge in [-0.2, -0.15) is 0 Å². The molecule has 1 aromatic rings. The molecule has 0 spiro atoms. The van der Waals surface area contributed by atoms with Gasteiger partial charge < -0.3 is 15.8 Å². The monoisotopic (exact) mass is 316 g/mol. The van der Waals surface area contributed by atoms with Crippen LogP contribution in [0.25, 0.3) is 6.08 Å². The third-order valence-corrected chi connectivity index (χ3v) is 4.07. The van der Waals surface area contributed by atoms with Gasteiger partial charge >= 0.3 is 5.97 Å². The number of carbonyl (C=O) groups is 2. The van der Waals surface area contributed by atoms with Gasteiger partial charge in [0.15, 0.2) is 0 Å². The van der Waals surface area contributed by atoms with Gasteiger partial charge in [-0.15, -0.1) is 0 Å². The number of hydrogen-bond donors (Lipinski definition) is 2. The molecule has 1 saturated carbocycles. The van der Waals surface area contributed by atoms with E-state index in [0.29, 0.717) is 12.3 Å². The largest absolute Gasteiger partial charge is 0.463 e. The molecular weight excluding hydrogens is 292 g/mol. The number of carbonyl (C=O) groups excluding carboxylic acids is 2. The van der Waals surface area contributed by atoms with Gasteiger partial charge in [0, 0.05) is 11.8 Å². The molecule has 23 heavy (non-hydrogen) atoms. The summed E-state index contributed by atoms with van der Waals surface area (Å²) in [5.41, 5.74) is 7.03. The molecule has 0 radical (unpaired) electrons. The second-order valence-electron chi connectivity index (χ2n) is 5.88. The van der Waals surface area contributed by atoms with E-state index >= 15 is 0 Å². The maximum absolute atomic E-state index is 12.3. The smallest absolute Gasteiger partial charge is 0.330 e. The minimum Gasteiger partial charge on any atom is -0.463 e. The van der Waals surface area contributed by atoms with Crippen molar-refractivity contribution in [2.45, 2.75) is 44.6 Å². The van der Waals surface area contributed by atoms with E-state index in [0.717, 1.165) is 37.7 Å². The number of benzene rings is 1. The van der Waals surface area contributed by atoms with Crippen molar-refractivity contribution in [2.24, 2.45) is 5.73 Å². The SMILES string of the molecule is CCOC(=O)/C=C/c1ccc(NC(=O)C2(N)CCCCC2)cc1. The average Bonchev–Trinajstić information content (AvgIpc) is 2.55. The third kappa shape index (κ3) is 4.93. The Balaban J connectivity index is 1.94. The summed E-state index contributed by atoms with van der Waals surface area (Å²) < 4.78 is 4.82. The molecule has 0 aliphatic heterocycles. The maximum Gasteiger partial charge on any atom is 0.330 e. The molecule has 1 aliphatic carbocycles. The minimum atomic E-state index is -0.749. The third-order valence-electron chi connectivity index (χ3n) is 4.07. The van der Waals surface area contributed by atoms with Gasteiger partial charge in [-0.25, -0.2) is 4.79 Å². The van der Waals surface area contributed by atoms with Gasteiger partial charge in [-0.05, 0) is 43.5 Å². The first-order valence-electron chi connectivity index (χ1n) is 8.09. The molecular formula is C18H24N2O3. The zero-order valence-electron chi connectivity index (χ0n) is 13.5.